The van der Waals surface area contributed by atoms with Crippen LogP contribution in [0.25, 0.3) is 0 Å². The highest BCUT2D eigenvalue weighted by Crippen LogP contribution is 2.35. The highest BCUT2D eigenvalue weighted by atomic mass is 15.1. The van der Waals surface area contributed by atoms with Gasteiger partial charge in [-0.25, -0.2) is 0 Å². The molecule has 0 atom stereocenters. The van der Waals surface area contributed by atoms with Crippen molar-refractivity contribution in [1.29, 1.82) is 5.26 Å². The molecule has 1 aliphatic rings. The molecule has 3 nitrogen and oxygen atoms in total. The number of anilines is 2. The van der Waals surface area contributed by atoms with E-state index >= 15 is 0 Å². The molecule has 0 bridgehead atoms. The van der Waals surface area contributed by atoms with Gasteiger partial charge in [-0.05, 0) is 49.2 Å². The summed E-state index contributed by atoms with van der Waals surface area (Å²) in [6.07, 6.45) is 2.24. The maximum absolute atomic E-state index is 9.49. The standard InChI is InChI=1S/C18H19N3/c1-20-13-14-8-9-18(16(11-14)12-19)21-10-4-6-15-5-2-3-7-17(15)21/h2-3,5,7-9,11,20H,4,6,10,13H2,1H3. The summed E-state index contributed by atoms with van der Waals surface area (Å²) < 4.78 is 0. The highest BCUT2D eigenvalue weighted by molar-refractivity contribution is 5.72. The molecule has 0 unspecified atom stereocenters. The molecule has 0 radical (unpaired) electrons. The number of nitrogens with zero attached hydrogens (tertiary/aromatic N) is 2. The minimum atomic E-state index is 0.749. The van der Waals surface area contributed by atoms with Gasteiger partial charge in [0.2, 0.25) is 0 Å². The van der Waals surface area contributed by atoms with Crippen LogP contribution in [0.5, 0.6) is 0 Å². The molecule has 0 aromatic heterocycles. The molecule has 0 saturated heterocycles. The van der Waals surface area contributed by atoms with Gasteiger partial charge in [-0.2, -0.15) is 5.26 Å². The molecule has 1 aliphatic heterocycles. The van der Waals surface area contributed by atoms with E-state index in [1.54, 1.807) is 0 Å². The van der Waals surface area contributed by atoms with E-state index in [0.717, 1.165) is 42.7 Å². The lowest BCUT2D eigenvalue weighted by atomic mass is 9.99. The summed E-state index contributed by atoms with van der Waals surface area (Å²) in [6.45, 7) is 1.75. The quantitative estimate of drug-likeness (QED) is 0.935. The summed E-state index contributed by atoms with van der Waals surface area (Å²) in [5.41, 5.74) is 5.51. The summed E-state index contributed by atoms with van der Waals surface area (Å²) in [5, 5.41) is 12.6. The summed E-state index contributed by atoms with van der Waals surface area (Å²) in [5.74, 6) is 0. The summed E-state index contributed by atoms with van der Waals surface area (Å²) in [6, 6.07) is 17.0. The third-order valence-electron chi connectivity index (χ3n) is 3.96. The van der Waals surface area contributed by atoms with Crippen LogP contribution >= 0.6 is 0 Å². The van der Waals surface area contributed by atoms with Gasteiger partial charge in [-0.15, -0.1) is 0 Å². The second kappa shape index (κ2) is 5.99. The van der Waals surface area contributed by atoms with E-state index in [2.05, 4.69) is 52.7 Å². The zero-order chi connectivity index (χ0) is 14.7. The summed E-state index contributed by atoms with van der Waals surface area (Å²) in [4.78, 5) is 2.28. The van der Waals surface area contributed by atoms with Crippen LogP contribution in [0.2, 0.25) is 0 Å². The van der Waals surface area contributed by atoms with Crippen LogP contribution in [-0.4, -0.2) is 13.6 Å². The molecule has 2 aromatic rings. The largest absolute Gasteiger partial charge is 0.340 e. The Morgan fingerprint density at radius 2 is 2.05 bits per heavy atom. The first-order valence-corrected chi connectivity index (χ1v) is 7.36. The Kier molecular flexibility index (Phi) is 3.89. The molecule has 0 saturated carbocycles. The monoisotopic (exact) mass is 277 g/mol. The maximum atomic E-state index is 9.49. The van der Waals surface area contributed by atoms with Gasteiger partial charge in [-0.3, -0.25) is 0 Å². The lowest BCUT2D eigenvalue weighted by molar-refractivity contribution is 0.765. The Morgan fingerprint density at radius 1 is 1.19 bits per heavy atom. The van der Waals surface area contributed by atoms with Gasteiger partial charge in [0, 0.05) is 18.8 Å². The first-order valence-electron chi connectivity index (χ1n) is 7.36. The van der Waals surface area contributed by atoms with Crippen LogP contribution in [0.4, 0.5) is 11.4 Å². The molecule has 0 amide bonds. The van der Waals surface area contributed by atoms with Crippen molar-refractivity contribution in [2.75, 3.05) is 18.5 Å². The van der Waals surface area contributed by atoms with Crippen LogP contribution in [0, 0.1) is 11.3 Å². The molecule has 106 valence electrons. The van der Waals surface area contributed by atoms with Crippen LogP contribution in [0.15, 0.2) is 42.5 Å². The van der Waals surface area contributed by atoms with Gasteiger partial charge in [0.05, 0.1) is 11.3 Å². The van der Waals surface area contributed by atoms with Crippen LogP contribution in [0.1, 0.15) is 23.1 Å². The second-order valence-corrected chi connectivity index (χ2v) is 5.38. The molecular formula is C18H19N3. The van der Waals surface area contributed by atoms with E-state index in [-0.39, 0.29) is 0 Å². The first kappa shape index (κ1) is 13.7. The Bertz CT molecular complexity index is 685. The number of para-hydroxylation sites is 1. The zero-order valence-corrected chi connectivity index (χ0v) is 12.3. The fourth-order valence-electron chi connectivity index (χ4n) is 3.01. The van der Waals surface area contributed by atoms with E-state index in [1.807, 2.05) is 13.1 Å². The van der Waals surface area contributed by atoms with Gasteiger partial charge >= 0.3 is 0 Å². The third kappa shape index (κ3) is 2.63. The van der Waals surface area contributed by atoms with Crippen molar-refractivity contribution >= 4 is 11.4 Å². The van der Waals surface area contributed by atoms with Crippen molar-refractivity contribution < 1.29 is 0 Å². The number of nitrogens with one attached hydrogen (secondary N) is 1. The smallest absolute Gasteiger partial charge is 0.101 e. The molecule has 0 fully saturated rings. The lowest BCUT2D eigenvalue weighted by Gasteiger charge is -2.32. The van der Waals surface area contributed by atoms with Gasteiger partial charge in [-0.1, -0.05) is 24.3 Å². The van der Waals surface area contributed by atoms with Crippen LogP contribution in [-0.2, 0) is 13.0 Å². The normalized spacial score (nSPS) is 13.6. The lowest BCUT2D eigenvalue weighted by Crippen LogP contribution is -2.25. The molecule has 0 spiro atoms. The van der Waals surface area contributed by atoms with Gasteiger partial charge in [0.15, 0.2) is 0 Å². The first-order chi connectivity index (χ1) is 10.3. The number of hydrogen-bond acceptors (Lipinski definition) is 3. The Balaban J connectivity index is 2.04. The van der Waals surface area contributed by atoms with E-state index in [4.69, 9.17) is 0 Å². The van der Waals surface area contributed by atoms with E-state index in [9.17, 15) is 5.26 Å². The van der Waals surface area contributed by atoms with Gasteiger partial charge in [0.1, 0.15) is 6.07 Å². The maximum Gasteiger partial charge on any atom is 0.101 e. The van der Waals surface area contributed by atoms with Crippen molar-refractivity contribution in [2.24, 2.45) is 0 Å². The Morgan fingerprint density at radius 3 is 2.86 bits per heavy atom. The number of aryl methyl sites for hydroxylation is 1. The summed E-state index contributed by atoms with van der Waals surface area (Å²) >= 11 is 0. The molecule has 2 aromatic carbocycles. The number of rotatable bonds is 3. The second-order valence-electron chi connectivity index (χ2n) is 5.38. The highest BCUT2D eigenvalue weighted by Gasteiger charge is 2.20. The Labute approximate surface area is 125 Å². The van der Waals surface area contributed by atoms with Crippen molar-refractivity contribution in [2.45, 2.75) is 19.4 Å². The number of fused-ring (bicyclic) bond motifs is 1. The molecule has 1 heterocycles. The van der Waals surface area contributed by atoms with Crippen LogP contribution in [0.3, 0.4) is 0 Å². The van der Waals surface area contributed by atoms with Crippen molar-refractivity contribution in [3.05, 3.63) is 59.2 Å². The van der Waals surface area contributed by atoms with Crippen LogP contribution < -0.4 is 10.2 Å². The molecule has 1 N–H and O–H groups in total. The van der Waals surface area contributed by atoms with E-state index < -0.39 is 0 Å². The number of hydrogen-bond donors (Lipinski definition) is 1. The Hall–Kier alpha value is -2.31. The predicted molar refractivity (Wildman–Crippen MR) is 85.7 cm³/mol. The minimum absolute atomic E-state index is 0.749. The number of nitriles is 1. The molecule has 3 heteroatoms. The van der Waals surface area contributed by atoms with Crippen molar-refractivity contribution in [1.82, 2.24) is 5.32 Å². The molecule has 3 rings (SSSR count). The van der Waals surface area contributed by atoms with Crippen molar-refractivity contribution in [3.8, 4) is 6.07 Å². The molecule has 21 heavy (non-hydrogen) atoms. The fourth-order valence-corrected chi connectivity index (χ4v) is 3.01. The van der Waals surface area contributed by atoms with E-state index in [1.165, 1.54) is 11.3 Å². The molecular weight excluding hydrogens is 258 g/mol. The van der Waals surface area contributed by atoms with Gasteiger partial charge < -0.3 is 10.2 Å². The fraction of sp³-hybridized carbons (Fsp3) is 0.278. The predicted octanol–water partition coefficient (Wildman–Crippen LogP) is 3.36. The number of benzene rings is 2. The topological polar surface area (TPSA) is 39.1 Å². The van der Waals surface area contributed by atoms with E-state index in [0.29, 0.717) is 0 Å². The van der Waals surface area contributed by atoms with Crippen molar-refractivity contribution in [3.63, 3.8) is 0 Å². The van der Waals surface area contributed by atoms with Gasteiger partial charge in [0.25, 0.3) is 0 Å². The zero-order valence-electron chi connectivity index (χ0n) is 12.3. The average Bonchev–Trinajstić information content (AvgIpc) is 2.54. The molecule has 0 aliphatic carbocycles. The average molecular weight is 277 g/mol. The SMILES string of the molecule is CNCc1ccc(N2CCCc3ccccc32)c(C#N)c1. The third-order valence-corrected chi connectivity index (χ3v) is 3.96. The summed E-state index contributed by atoms with van der Waals surface area (Å²) in [7, 11) is 1.92. The minimum Gasteiger partial charge on any atom is -0.340 e.